The molecule has 2 aromatic carbocycles. The number of benzene rings is 2. The largest absolute Gasteiger partial charge is 0.484 e. The molecule has 1 aromatic heterocycles. The van der Waals surface area contributed by atoms with E-state index in [-0.39, 0.29) is 28.4 Å². The third-order valence-electron chi connectivity index (χ3n) is 3.50. The van der Waals surface area contributed by atoms with E-state index >= 15 is 0 Å². The standard InChI is InChI=1S/C18H12BrFN6O3/c19-13-7-11(3-6-14(13)20)23-17(22)16-18(26-29-25-16)24-15(27)9-28-12-4-1-10(8-21)2-5-12/h1-7H,9H2,(H2,22,23)(H,24,26,27). The maximum absolute atomic E-state index is 13.3. The molecule has 0 saturated carbocycles. The number of halogens is 2. The molecule has 0 atom stereocenters. The summed E-state index contributed by atoms with van der Waals surface area (Å²) in [5.74, 6) is -0.695. The number of nitriles is 1. The molecule has 0 aliphatic carbocycles. The fourth-order valence-electron chi connectivity index (χ4n) is 2.13. The lowest BCUT2D eigenvalue weighted by atomic mass is 10.2. The molecule has 3 N–H and O–H groups in total. The molecule has 0 radical (unpaired) electrons. The zero-order valence-electron chi connectivity index (χ0n) is 14.6. The van der Waals surface area contributed by atoms with Gasteiger partial charge < -0.3 is 15.8 Å². The minimum Gasteiger partial charge on any atom is -0.484 e. The fourth-order valence-corrected chi connectivity index (χ4v) is 2.49. The molecular formula is C18H12BrFN6O3. The van der Waals surface area contributed by atoms with Gasteiger partial charge in [0.15, 0.2) is 18.1 Å². The second-order valence-electron chi connectivity index (χ2n) is 5.53. The highest BCUT2D eigenvalue weighted by atomic mass is 79.9. The van der Waals surface area contributed by atoms with Crippen LogP contribution in [0.25, 0.3) is 0 Å². The summed E-state index contributed by atoms with van der Waals surface area (Å²) in [4.78, 5) is 16.2. The normalized spacial score (nSPS) is 11.0. The Bertz CT molecular complexity index is 1110. The van der Waals surface area contributed by atoms with Gasteiger partial charge in [-0.25, -0.2) is 14.0 Å². The first kappa shape index (κ1) is 20.0. The number of aromatic nitrogens is 2. The fraction of sp³-hybridized carbons (Fsp3) is 0.0556. The van der Waals surface area contributed by atoms with Crippen LogP contribution in [-0.2, 0) is 4.79 Å². The summed E-state index contributed by atoms with van der Waals surface area (Å²) in [5, 5.41) is 18.4. The minimum atomic E-state index is -0.538. The Labute approximate surface area is 172 Å². The summed E-state index contributed by atoms with van der Waals surface area (Å²) >= 11 is 3.06. The van der Waals surface area contributed by atoms with Crippen LogP contribution in [0.4, 0.5) is 15.9 Å². The van der Waals surface area contributed by atoms with E-state index in [4.69, 9.17) is 15.7 Å². The number of nitrogens with one attached hydrogen (secondary N) is 1. The summed E-state index contributed by atoms with van der Waals surface area (Å²) in [6.45, 7) is -0.319. The molecule has 29 heavy (non-hydrogen) atoms. The third kappa shape index (κ3) is 5.14. The lowest BCUT2D eigenvalue weighted by Gasteiger charge is -2.06. The van der Waals surface area contributed by atoms with Crippen molar-refractivity contribution >= 4 is 39.2 Å². The van der Waals surface area contributed by atoms with Crippen molar-refractivity contribution < 1.29 is 18.6 Å². The van der Waals surface area contributed by atoms with Gasteiger partial charge in [0, 0.05) is 0 Å². The van der Waals surface area contributed by atoms with Gasteiger partial charge in [0.2, 0.25) is 5.82 Å². The highest BCUT2D eigenvalue weighted by Crippen LogP contribution is 2.23. The van der Waals surface area contributed by atoms with Gasteiger partial charge in [0.1, 0.15) is 11.6 Å². The summed E-state index contributed by atoms with van der Waals surface area (Å²) in [6.07, 6.45) is 0. The molecule has 0 spiro atoms. The average molecular weight is 459 g/mol. The Morgan fingerprint density at radius 1 is 1.31 bits per heavy atom. The van der Waals surface area contributed by atoms with Crippen LogP contribution in [0.5, 0.6) is 5.75 Å². The van der Waals surface area contributed by atoms with Crippen LogP contribution in [-0.4, -0.2) is 28.7 Å². The van der Waals surface area contributed by atoms with Crippen molar-refractivity contribution in [1.29, 1.82) is 5.26 Å². The van der Waals surface area contributed by atoms with E-state index in [0.717, 1.165) is 0 Å². The number of amides is 1. The molecule has 3 rings (SSSR count). The molecule has 146 valence electrons. The second kappa shape index (κ2) is 8.94. The second-order valence-corrected chi connectivity index (χ2v) is 6.38. The van der Waals surface area contributed by atoms with Gasteiger partial charge in [-0.2, -0.15) is 5.26 Å². The molecule has 1 heterocycles. The van der Waals surface area contributed by atoms with Gasteiger partial charge >= 0.3 is 0 Å². The molecule has 11 heteroatoms. The molecular weight excluding hydrogens is 447 g/mol. The molecule has 0 saturated heterocycles. The number of aliphatic imine (C=N–C) groups is 1. The number of carbonyl (C=O) groups excluding carboxylic acids is 1. The van der Waals surface area contributed by atoms with Crippen LogP contribution in [0.3, 0.4) is 0 Å². The number of hydrogen-bond acceptors (Lipinski definition) is 7. The highest BCUT2D eigenvalue weighted by Gasteiger charge is 2.17. The number of amidine groups is 1. The van der Waals surface area contributed by atoms with E-state index in [0.29, 0.717) is 17.0 Å². The molecule has 3 aromatic rings. The number of hydrogen-bond donors (Lipinski definition) is 2. The number of carbonyl (C=O) groups is 1. The van der Waals surface area contributed by atoms with Crippen molar-refractivity contribution in [3.63, 3.8) is 0 Å². The Kier molecular flexibility index (Phi) is 6.16. The number of rotatable bonds is 6. The topological polar surface area (TPSA) is 139 Å². The monoisotopic (exact) mass is 458 g/mol. The zero-order chi connectivity index (χ0) is 20.8. The van der Waals surface area contributed by atoms with Crippen LogP contribution in [0.2, 0.25) is 0 Å². The molecule has 0 bridgehead atoms. The van der Waals surface area contributed by atoms with Crippen LogP contribution in [0.1, 0.15) is 11.3 Å². The summed E-state index contributed by atoms with van der Waals surface area (Å²) in [5.41, 5.74) is 6.75. The minimum absolute atomic E-state index is 0.0113. The van der Waals surface area contributed by atoms with Crippen LogP contribution >= 0.6 is 15.9 Å². The Hall–Kier alpha value is -3.78. The van der Waals surface area contributed by atoms with Gasteiger partial charge in [0.25, 0.3) is 5.91 Å². The van der Waals surface area contributed by atoms with Crippen LogP contribution < -0.4 is 15.8 Å². The SMILES string of the molecule is N#Cc1ccc(OCC(=O)Nc2nonc2C(N)=Nc2ccc(F)c(Br)c2)cc1. The smallest absolute Gasteiger partial charge is 0.263 e. The van der Waals surface area contributed by atoms with Crippen molar-refractivity contribution in [2.75, 3.05) is 11.9 Å². The third-order valence-corrected chi connectivity index (χ3v) is 4.10. The molecule has 0 fully saturated rings. The van der Waals surface area contributed by atoms with Gasteiger partial charge in [-0.05, 0) is 68.7 Å². The Morgan fingerprint density at radius 2 is 2.07 bits per heavy atom. The molecule has 9 nitrogen and oxygen atoms in total. The van der Waals surface area contributed by atoms with Gasteiger partial charge in [-0.3, -0.25) is 4.79 Å². The van der Waals surface area contributed by atoms with E-state index < -0.39 is 11.7 Å². The van der Waals surface area contributed by atoms with E-state index in [1.165, 1.54) is 18.2 Å². The summed E-state index contributed by atoms with van der Waals surface area (Å²) in [7, 11) is 0. The van der Waals surface area contributed by atoms with Crippen molar-refractivity contribution in [1.82, 2.24) is 10.3 Å². The zero-order valence-corrected chi connectivity index (χ0v) is 16.2. The number of nitrogens with zero attached hydrogens (tertiary/aromatic N) is 4. The van der Waals surface area contributed by atoms with Crippen molar-refractivity contribution in [3.8, 4) is 11.8 Å². The first-order chi connectivity index (χ1) is 14.0. The van der Waals surface area contributed by atoms with E-state index in [1.807, 2.05) is 6.07 Å². The van der Waals surface area contributed by atoms with Gasteiger partial charge in [-0.15, -0.1) is 0 Å². The Morgan fingerprint density at radius 3 is 2.76 bits per heavy atom. The van der Waals surface area contributed by atoms with E-state index in [2.05, 4.69) is 41.2 Å². The van der Waals surface area contributed by atoms with Crippen LogP contribution in [0.15, 0.2) is 56.6 Å². The van der Waals surface area contributed by atoms with Crippen molar-refractivity contribution in [2.45, 2.75) is 0 Å². The first-order valence-corrected chi connectivity index (χ1v) is 8.80. The first-order valence-electron chi connectivity index (χ1n) is 8.01. The predicted octanol–water partition coefficient (Wildman–Crippen LogP) is 2.90. The Balaban J connectivity index is 1.65. The number of ether oxygens (including phenoxy) is 1. The lowest BCUT2D eigenvalue weighted by molar-refractivity contribution is -0.118. The van der Waals surface area contributed by atoms with Gasteiger partial charge in [0.05, 0.1) is 21.8 Å². The van der Waals surface area contributed by atoms with E-state index in [9.17, 15) is 9.18 Å². The molecule has 1 amide bonds. The van der Waals surface area contributed by atoms with Crippen LogP contribution in [0, 0.1) is 17.1 Å². The number of anilines is 1. The van der Waals surface area contributed by atoms with Crippen molar-refractivity contribution in [3.05, 3.63) is 64.0 Å². The van der Waals surface area contributed by atoms with Gasteiger partial charge in [-0.1, -0.05) is 0 Å². The average Bonchev–Trinajstić information content (AvgIpc) is 3.18. The highest BCUT2D eigenvalue weighted by molar-refractivity contribution is 9.10. The summed E-state index contributed by atoms with van der Waals surface area (Å²) < 4.78 is 23.5. The maximum atomic E-state index is 13.3. The molecule has 0 aliphatic rings. The predicted molar refractivity (Wildman–Crippen MR) is 104 cm³/mol. The number of nitrogens with two attached hydrogens (primary N) is 1. The molecule has 0 unspecified atom stereocenters. The van der Waals surface area contributed by atoms with Crippen molar-refractivity contribution in [2.24, 2.45) is 10.7 Å². The molecule has 0 aliphatic heterocycles. The lowest BCUT2D eigenvalue weighted by Crippen LogP contribution is -2.23. The maximum Gasteiger partial charge on any atom is 0.263 e. The summed E-state index contributed by atoms with van der Waals surface area (Å²) in [6, 6.07) is 12.3. The van der Waals surface area contributed by atoms with E-state index in [1.54, 1.807) is 24.3 Å². The quantitative estimate of drug-likeness (QED) is 0.427.